The third-order valence-corrected chi connectivity index (χ3v) is 2.98. The Bertz CT molecular complexity index is 356. The maximum atomic E-state index is 11.3. The molecule has 0 aliphatic carbocycles. The van der Waals surface area contributed by atoms with Gasteiger partial charge in [-0.05, 0) is 31.2 Å². The third-order valence-electron chi connectivity index (χ3n) is 1.72. The second-order valence-corrected chi connectivity index (χ2v) is 4.79. The van der Waals surface area contributed by atoms with Crippen molar-refractivity contribution in [2.75, 3.05) is 0 Å². The first-order valence-corrected chi connectivity index (χ1v) is 5.88. The first-order valence-electron chi connectivity index (χ1n) is 4.55. The molecule has 0 saturated heterocycles. The Hall–Kier alpha value is -0.580. The number of benzene rings is 1. The minimum atomic E-state index is -0.602. The van der Waals surface area contributed by atoms with Crippen LogP contribution in [0, 0.1) is 0 Å². The van der Waals surface area contributed by atoms with Gasteiger partial charge < -0.3 is 10.1 Å². The predicted octanol–water partition coefficient (Wildman–Crippen LogP) is 3.31. The largest absolute Gasteiger partial charge is 0.413 e. The van der Waals surface area contributed by atoms with E-state index in [9.17, 15) is 4.79 Å². The Labute approximate surface area is 109 Å². The molecule has 3 nitrogen and oxygen atoms in total. The highest BCUT2D eigenvalue weighted by Gasteiger charge is 2.14. The molecule has 0 aliphatic heterocycles. The van der Waals surface area contributed by atoms with E-state index in [2.05, 4.69) is 17.9 Å². The number of ether oxygens (including phenoxy) is 1. The van der Waals surface area contributed by atoms with E-state index in [1.165, 1.54) is 0 Å². The third kappa shape index (κ3) is 4.51. The van der Waals surface area contributed by atoms with Crippen LogP contribution in [0.25, 0.3) is 0 Å². The Morgan fingerprint density at radius 3 is 2.50 bits per heavy atom. The Kier molecular flexibility index (Phi) is 5.25. The van der Waals surface area contributed by atoms with Gasteiger partial charge in [-0.15, -0.1) is 11.6 Å². The van der Waals surface area contributed by atoms with Crippen LogP contribution in [0.5, 0.6) is 5.75 Å². The van der Waals surface area contributed by atoms with Crippen LogP contribution in [0.2, 0.25) is 5.02 Å². The van der Waals surface area contributed by atoms with Gasteiger partial charge in [-0.3, -0.25) is 0 Å². The summed E-state index contributed by atoms with van der Waals surface area (Å²) in [7, 11) is 0. The molecule has 16 heavy (non-hydrogen) atoms. The number of carbonyl (C=O) groups is 1. The summed E-state index contributed by atoms with van der Waals surface area (Å²) in [5, 5.41) is 2.31. The molecule has 1 rings (SSSR count). The Morgan fingerprint density at radius 1 is 1.44 bits per heavy atom. The van der Waals surface area contributed by atoms with Crippen LogP contribution in [0.4, 0.5) is 4.79 Å². The summed E-state index contributed by atoms with van der Waals surface area (Å²) in [4.78, 5) is 11.3. The van der Waals surface area contributed by atoms with Crippen molar-refractivity contribution in [1.29, 1.82) is 0 Å². The summed E-state index contributed by atoms with van der Waals surface area (Å²) in [6.45, 7) is 1.72. The summed E-state index contributed by atoms with van der Waals surface area (Å²) >= 11 is 15.5. The first-order chi connectivity index (χ1) is 7.49. The fraction of sp³-hybridized carbons (Fsp3) is 0.300. The number of hydrogen-bond acceptors (Lipinski definition) is 3. The number of alkyl halides is 1. The van der Waals surface area contributed by atoms with E-state index in [0.29, 0.717) is 10.8 Å². The second-order valence-electron chi connectivity index (χ2n) is 3.11. The van der Waals surface area contributed by atoms with E-state index in [4.69, 9.17) is 27.9 Å². The minimum absolute atomic E-state index is 0.291. The van der Waals surface area contributed by atoms with E-state index in [0.717, 1.165) is 0 Å². The number of hydrogen-bond donors (Lipinski definition) is 2. The molecule has 1 amide bonds. The van der Waals surface area contributed by atoms with Gasteiger partial charge in [0.25, 0.3) is 0 Å². The fourth-order valence-corrected chi connectivity index (χ4v) is 1.17. The molecule has 2 unspecified atom stereocenters. The topological polar surface area (TPSA) is 38.3 Å². The molecule has 6 heteroatoms. The van der Waals surface area contributed by atoms with E-state index in [1.54, 1.807) is 31.2 Å². The molecular weight excluding hydrogens is 269 g/mol. The lowest BCUT2D eigenvalue weighted by atomic mass is 10.3. The zero-order chi connectivity index (χ0) is 12.1. The fourth-order valence-electron chi connectivity index (χ4n) is 0.875. The van der Waals surface area contributed by atoms with Gasteiger partial charge >= 0.3 is 6.09 Å². The molecule has 1 N–H and O–H groups in total. The van der Waals surface area contributed by atoms with Crippen molar-refractivity contribution in [3.8, 4) is 5.75 Å². The quantitative estimate of drug-likeness (QED) is 0.506. The maximum absolute atomic E-state index is 11.3. The van der Waals surface area contributed by atoms with Crippen LogP contribution < -0.4 is 10.1 Å². The zero-order valence-corrected chi connectivity index (χ0v) is 10.9. The zero-order valence-electron chi connectivity index (χ0n) is 8.48. The molecule has 1 aromatic rings. The average molecular weight is 280 g/mol. The van der Waals surface area contributed by atoms with Gasteiger partial charge in [-0.2, -0.15) is 12.6 Å². The summed E-state index contributed by atoms with van der Waals surface area (Å²) in [5.74, 6) is 0.407. The molecule has 0 aromatic heterocycles. The van der Waals surface area contributed by atoms with Crippen molar-refractivity contribution >= 4 is 41.9 Å². The highest BCUT2D eigenvalue weighted by atomic mass is 35.5. The molecule has 0 radical (unpaired) electrons. The SMILES string of the molecule is CC(Cl)C(S)NC(=O)Oc1ccc(Cl)cc1. The smallest absolute Gasteiger partial charge is 0.410 e. The summed E-state index contributed by atoms with van der Waals surface area (Å²) < 4.78 is 4.97. The van der Waals surface area contributed by atoms with Crippen LogP contribution in [-0.4, -0.2) is 16.8 Å². The van der Waals surface area contributed by atoms with Crippen molar-refractivity contribution in [3.05, 3.63) is 29.3 Å². The molecule has 0 bridgehead atoms. The number of carbonyl (C=O) groups excluding carboxylic acids is 1. The average Bonchev–Trinajstić information content (AvgIpc) is 2.21. The number of nitrogens with one attached hydrogen (secondary N) is 1. The number of amides is 1. The van der Waals surface area contributed by atoms with E-state index in [1.807, 2.05) is 0 Å². The summed E-state index contributed by atoms with van der Waals surface area (Å²) in [6.07, 6.45) is -0.602. The summed E-state index contributed by atoms with van der Waals surface area (Å²) in [6, 6.07) is 6.46. The monoisotopic (exact) mass is 279 g/mol. The standard InChI is InChI=1S/C10H11Cl2NO2S/c1-6(11)9(16)13-10(14)15-8-4-2-7(12)3-5-8/h2-6,9,16H,1H3,(H,13,14). The second kappa shape index (κ2) is 6.23. The lowest BCUT2D eigenvalue weighted by molar-refractivity contribution is 0.199. The molecule has 1 aromatic carbocycles. The van der Waals surface area contributed by atoms with Crippen LogP contribution >= 0.6 is 35.8 Å². The Balaban J connectivity index is 2.48. The number of halogens is 2. The van der Waals surface area contributed by atoms with E-state index < -0.39 is 11.5 Å². The summed E-state index contributed by atoms with van der Waals surface area (Å²) in [5.41, 5.74) is 0. The molecule has 2 atom stereocenters. The lowest BCUT2D eigenvalue weighted by Gasteiger charge is -2.14. The number of rotatable bonds is 3. The first kappa shape index (κ1) is 13.5. The van der Waals surface area contributed by atoms with Gasteiger partial charge in [-0.25, -0.2) is 4.79 Å². The van der Waals surface area contributed by atoms with Crippen LogP contribution in [0.15, 0.2) is 24.3 Å². The van der Waals surface area contributed by atoms with Gasteiger partial charge in [0, 0.05) is 5.02 Å². The molecule has 88 valence electrons. The van der Waals surface area contributed by atoms with Crippen molar-refractivity contribution < 1.29 is 9.53 Å². The molecule has 0 spiro atoms. The predicted molar refractivity (Wildman–Crippen MR) is 68.7 cm³/mol. The van der Waals surface area contributed by atoms with E-state index in [-0.39, 0.29) is 5.38 Å². The van der Waals surface area contributed by atoms with Gasteiger partial charge in [0.2, 0.25) is 0 Å². The van der Waals surface area contributed by atoms with Crippen molar-refractivity contribution in [2.24, 2.45) is 0 Å². The van der Waals surface area contributed by atoms with Crippen molar-refractivity contribution in [2.45, 2.75) is 17.7 Å². The number of thiol groups is 1. The van der Waals surface area contributed by atoms with Crippen molar-refractivity contribution in [1.82, 2.24) is 5.32 Å². The highest BCUT2D eigenvalue weighted by Crippen LogP contribution is 2.15. The molecule has 0 aliphatic rings. The van der Waals surface area contributed by atoms with E-state index >= 15 is 0 Å². The Morgan fingerprint density at radius 2 is 2.00 bits per heavy atom. The maximum Gasteiger partial charge on any atom is 0.413 e. The molecular formula is C10H11Cl2NO2S. The van der Waals surface area contributed by atoms with Crippen molar-refractivity contribution in [3.63, 3.8) is 0 Å². The van der Waals surface area contributed by atoms with Crippen LogP contribution in [-0.2, 0) is 0 Å². The molecule has 0 saturated carbocycles. The van der Waals surface area contributed by atoms with Crippen LogP contribution in [0.1, 0.15) is 6.92 Å². The highest BCUT2D eigenvalue weighted by molar-refractivity contribution is 7.81. The molecule has 0 fully saturated rings. The van der Waals surface area contributed by atoms with Crippen LogP contribution in [0.3, 0.4) is 0 Å². The molecule has 0 heterocycles. The normalized spacial score (nSPS) is 14.0. The van der Waals surface area contributed by atoms with Gasteiger partial charge in [0.15, 0.2) is 0 Å². The lowest BCUT2D eigenvalue weighted by Crippen LogP contribution is -2.37. The van der Waals surface area contributed by atoms with Gasteiger partial charge in [0.1, 0.15) is 5.75 Å². The van der Waals surface area contributed by atoms with Gasteiger partial charge in [0.05, 0.1) is 10.8 Å². The van der Waals surface area contributed by atoms with Gasteiger partial charge in [-0.1, -0.05) is 11.6 Å². The minimum Gasteiger partial charge on any atom is -0.410 e.